The molecule has 4 rings (SSSR count). The van der Waals surface area contributed by atoms with Crippen molar-refractivity contribution in [3.63, 3.8) is 0 Å². The van der Waals surface area contributed by atoms with Gasteiger partial charge in [0.2, 0.25) is 11.8 Å². The molecule has 0 aromatic rings. The first kappa shape index (κ1) is 23.0. The number of likely N-dealkylation sites (tertiary alicyclic amines) is 1. The van der Waals surface area contributed by atoms with Crippen LogP contribution < -0.4 is 0 Å². The molecule has 4 heterocycles. The van der Waals surface area contributed by atoms with E-state index >= 15 is 0 Å². The van der Waals surface area contributed by atoms with Crippen molar-refractivity contribution in [1.82, 2.24) is 9.80 Å². The van der Waals surface area contributed by atoms with E-state index in [0.29, 0.717) is 26.1 Å². The van der Waals surface area contributed by atoms with Gasteiger partial charge in [-0.15, -0.1) is 0 Å². The highest BCUT2D eigenvalue weighted by molar-refractivity contribution is 5.99. The Kier molecular flexibility index (Phi) is 7.00. The second-order valence-corrected chi connectivity index (χ2v) is 9.08. The standard InChI is InChI=1S/C24H34N2O6/c1-2-3-6-12-25-13-8-11-24-19(21(28)26(14-9-15-27)20(24)22(25)29)18-17(32-24)10-5-4-7-16-31-23(18)30/h5,8,10-11,17-20,27H,2-4,6-7,9,12-16H2,1H3/b10-5-/t17-,18?,19+,20-,24?/m1/s1. The minimum Gasteiger partial charge on any atom is -0.465 e. The number of carbonyl (C=O) groups is 3. The van der Waals surface area contributed by atoms with Crippen molar-refractivity contribution in [2.45, 2.75) is 63.2 Å². The van der Waals surface area contributed by atoms with Gasteiger partial charge in [-0.3, -0.25) is 14.4 Å². The summed E-state index contributed by atoms with van der Waals surface area (Å²) in [7, 11) is 0. The summed E-state index contributed by atoms with van der Waals surface area (Å²) in [5, 5.41) is 9.39. The van der Waals surface area contributed by atoms with Gasteiger partial charge in [0.05, 0.1) is 18.6 Å². The number of fused-ring (bicyclic) bond motifs is 2. The zero-order valence-electron chi connectivity index (χ0n) is 18.8. The summed E-state index contributed by atoms with van der Waals surface area (Å²) < 4.78 is 12.0. The smallest absolute Gasteiger partial charge is 0.312 e. The Balaban J connectivity index is 1.73. The number of unbranched alkanes of at least 4 members (excludes halogenated alkanes) is 2. The monoisotopic (exact) mass is 446 g/mol. The van der Waals surface area contributed by atoms with Crippen LogP contribution in [-0.4, -0.2) is 83.3 Å². The van der Waals surface area contributed by atoms with Crippen molar-refractivity contribution in [2.75, 3.05) is 32.8 Å². The number of hydrogen-bond acceptors (Lipinski definition) is 6. The summed E-state index contributed by atoms with van der Waals surface area (Å²) >= 11 is 0. The maximum absolute atomic E-state index is 13.8. The summed E-state index contributed by atoms with van der Waals surface area (Å²) in [5.41, 5.74) is -1.21. The Morgan fingerprint density at radius 2 is 1.97 bits per heavy atom. The molecule has 8 nitrogen and oxygen atoms in total. The lowest BCUT2D eigenvalue weighted by Crippen LogP contribution is -2.55. The summed E-state index contributed by atoms with van der Waals surface area (Å²) in [6.07, 6.45) is 11.8. The Morgan fingerprint density at radius 3 is 2.75 bits per heavy atom. The van der Waals surface area contributed by atoms with Crippen molar-refractivity contribution >= 4 is 17.8 Å². The molecule has 4 aliphatic rings. The molecule has 0 saturated carbocycles. The van der Waals surface area contributed by atoms with Crippen molar-refractivity contribution in [1.29, 1.82) is 0 Å². The number of aliphatic hydroxyl groups excluding tert-OH is 1. The second-order valence-electron chi connectivity index (χ2n) is 9.08. The van der Waals surface area contributed by atoms with Gasteiger partial charge in [0.15, 0.2) is 0 Å². The third kappa shape index (κ3) is 3.88. The maximum atomic E-state index is 13.8. The van der Waals surface area contributed by atoms with Crippen LogP contribution >= 0.6 is 0 Å². The van der Waals surface area contributed by atoms with Gasteiger partial charge in [-0.05, 0) is 25.7 Å². The number of nitrogens with zero attached hydrogens (tertiary/aromatic N) is 2. The SMILES string of the molecule is CCCCCN1CC=CC23O[C@@H]4/C=C\CCCOC(=O)C4[C@H]2C(=O)N(CCCO)[C@@H]3C1=O. The highest BCUT2D eigenvalue weighted by Gasteiger charge is 2.71. The summed E-state index contributed by atoms with van der Waals surface area (Å²) in [6, 6.07) is -0.844. The van der Waals surface area contributed by atoms with E-state index in [9.17, 15) is 19.5 Å². The van der Waals surface area contributed by atoms with Crippen LogP contribution in [0.25, 0.3) is 0 Å². The fourth-order valence-electron chi connectivity index (χ4n) is 5.53. The topological polar surface area (TPSA) is 96.4 Å². The predicted octanol–water partition coefficient (Wildman–Crippen LogP) is 1.43. The number of amides is 2. The van der Waals surface area contributed by atoms with Crippen LogP contribution in [0.4, 0.5) is 0 Å². The summed E-state index contributed by atoms with van der Waals surface area (Å²) in [6.45, 7) is 3.64. The van der Waals surface area contributed by atoms with Crippen LogP contribution in [0.15, 0.2) is 24.3 Å². The van der Waals surface area contributed by atoms with Crippen LogP contribution in [-0.2, 0) is 23.9 Å². The first-order valence-electron chi connectivity index (χ1n) is 11.9. The lowest BCUT2D eigenvalue weighted by atomic mass is 9.78. The molecule has 0 aliphatic carbocycles. The van der Waals surface area contributed by atoms with Gasteiger partial charge in [0.1, 0.15) is 17.6 Å². The van der Waals surface area contributed by atoms with Gasteiger partial charge in [0, 0.05) is 26.2 Å². The predicted molar refractivity (Wildman–Crippen MR) is 116 cm³/mol. The molecule has 32 heavy (non-hydrogen) atoms. The van der Waals surface area contributed by atoms with Crippen LogP contribution in [0.5, 0.6) is 0 Å². The Bertz CT molecular complexity index is 795. The third-order valence-electron chi connectivity index (χ3n) is 7.02. The average Bonchev–Trinajstić information content (AvgIpc) is 3.19. The van der Waals surface area contributed by atoms with Gasteiger partial charge in [-0.25, -0.2) is 0 Å². The van der Waals surface area contributed by atoms with Crippen molar-refractivity contribution < 1.29 is 29.0 Å². The van der Waals surface area contributed by atoms with Gasteiger partial charge in [-0.2, -0.15) is 0 Å². The molecule has 0 radical (unpaired) electrons. The first-order chi connectivity index (χ1) is 15.5. The molecule has 0 bridgehead atoms. The van der Waals surface area contributed by atoms with Crippen LogP contribution in [0.3, 0.4) is 0 Å². The zero-order chi connectivity index (χ0) is 22.7. The number of carbonyl (C=O) groups excluding carboxylic acids is 3. The van der Waals surface area contributed by atoms with E-state index in [1.54, 1.807) is 4.90 Å². The second kappa shape index (κ2) is 9.75. The van der Waals surface area contributed by atoms with E-state index in [1.165, 1.54) is 4.90 Å². The number of rotatable bonds is 7. The molecule has 2 unspecified atom stereocenters. The highest BCUT2D eigenvalue weighted by Crippen LogP contribution is 2.53. The van der Waals surface area contributed by atoms with Gasteiger partial charge in [-0.1, -0.05) is 44.1 Å². The molecule has 0 aromatic carbocycles. The molecule has 8 heteroatoms. The lowest BCUT2D eigenvalue weighted by molar-refractivity contribution is -0.154. The molecule has 5 atom stereocenters. The largest absolute Gasteiger partial charge is 0.465 e. The molecule has 2 saturated heterocycles. The number of aliphatic hydroxyl groups is 1. The van der Waals surface area contributed by atoms with Crippen LogP contribution in [0.1, 0.15) is 45.4 Å². The van der Waals surface area contributed by atoms with Crippen molar-refractivity contribution in [2.24, 2.45) is 11.8 Å². The van der Waals surface area contributed by atoms with Gasteiger partial charge in [0.25, 0.3) is 0 Å². The molecule has 1 spiro atoms. The lowest BCUT2D eigenvalue weighted by Gasteiger charge is -2.35. The highest BCUT2D eigenvalue weighted by atomic mass is 16.6. The summed E-state index contributed by atoms with van der Waals surface area (Å²) in [5.74, 6) is -2.47. The van der Waals surface area contributed by atoms with E-state index in [-0.39, 0.29) is 25.0 Å². The third-order valence-corrected chi connectivity index (χ3v) is 7.02. The normalized spacial score (nSPS) is 35.4. The average molecular weight is 447 g/mol. The number of cyclic esters (lactones) is 1. The Hall–Kier alpha value is -2.19. The zero-order valence-corrected chi connectivity index (χ0v) is 18.8. The molecule has 2 fully saturated rings. The quantitative estimate of drug-likeness (QED) is 0.361. The van der Waals surface area contributed by atoms with E-state index in [0.717, 1.165) is 32.1 Å². The fourth-order valence-corrected chi connectivity index (χ4v) is 5.53. The molecule has 176 valence electrons. The number of ether oxygens (including phenoxy) is 2. The minimum absolute atomic E-state index is 0.0872. The molecule has 2 amide bonds. The van der Waals surface area contributed by atoms with Crippen LogP contribution in [0.2, 0.25) is 0 Å². The Labute approximate surface area is 189 Å². The van der Waals surface area contributed by atoms with E-state index in [2.05, 4.69) is 6.92 Å². The Morgan fingerprint density at radius 1 is 1.12 bits per heavy atom. The van der Waals surface area contributed by atoms with Crippen LogP contribution in [0, 0.1) is 11.8 Å². The van der Waals surface area contributed by atoms with Crippen molar-refractivity contribution in [3.05, 3.63) is 24.3 Å². The summed E-state index contributed by atoms with van der Waals surface area (Å²) in [4.78, 5) is 43.8. The van der Waals surface area contributed by atoms with E-state index in [4.69, 9.17) is 9.47 Å². The van der Waals surface area contributed by atoms with E-state index < -0.39 is 35.6 Å². The molecular formula is C24H34N2O6. The van der Waals surface area contributed by atoms with Crippen molar-refractivity contribution in [3.8, 4) is 0 Å². The first-order valence-corrected chi connectivity index (χ1v) is 11.9. The molecular weight excluding hydrogens is 412 g/mol. The molecule has 0 aromatic heterocycles. The van der Waals surface area contributed by atoms with E-state index in [1.807, 2.05) is 24.3 Å². The number of allylic oxidation sites excluding steroid dienone is 1. The fraction of sp³-hybridized carbons (Fsp3) is 0.708. The molecule has 4 aliphatic heterocycles. The number of hydrogen-bond donors (Lipinski definition) is 1. The molecule has 1 N–H and O–H groups in total. The minimum atomic E-state index is -1.21. The maximum Gasteiger partial charge on any atom is 0.312 e. The number of esters is 1. The van der Waals surface area contributed by atoms with Gasteiger partial charge >= 0.3 is 5.97 Å². The van der Waals surface area contributed by atoms with Gasteiger partial charge < -0.3 is 24.4 Å².